The molecule has 0 amide bonds. The van der Waals surface area contributed by atoms with Crippen LogP contribution in [0.15, 0.2) is 28.7 Å². The lowest BCUT2D eigenvalue weighted by Gasteiger charge is -2.10. The lowest BCUT2D eigenvalue weighted by Crippen LogP contribution is -2.07. The Morgan fingerprint density at radius 2 is 1.60 bits per heavy atom. The van der Waals surface area contributed by atoms with Crippen LogP contribution in [0.3, 0.4) is 0 Å². The van der Waals surface area contributed by atoms with Gasteiger partial charge >= 0.3 is 0 Å². The molecule has 0 radical (unpaired) electrons. The van der Waals surface area contributed by atoms with Crippen molar-refractivity contribution < 1.29 is 17.6 Å². The molecule has 0 atom stereocenters. The highest BCUT2D eigenvalue weighted by Gasteiger charge is 2.18. The van der Waals surface area contributed by atoms with Gasteiger partial charge in [0.25, 0.3) is 0 Å². The van der Waals surface area contributed by atoms with E-state index in [1.807, 2.05) is 0 Å². The molecule has 2 aromatic rings. The maximum atomic E-state index is 13.4. The molecule has 2 aromatic carbocycles. The minimum Gasteiger partial charge on any atom is -0.376 e. The first-order chi connectivity index (χ1) is 9.40. The van der Waals surface area contributed by atoms with Crippen molar-refractivity contribution in [1.29, 1.82) is 0 Å². The van der Waals surface area contributed by atoms with Gasteiger partial charge in [-0.25, -0.2) is 17.6 Å². The smallest absolute Gasteiger partial charge is 0.185 e. The van der Waals surface area contributed by atoms with Gasteiger partial charge in [-0.3, -0.25) is 0 Å². The van der Waals surface area contributed by atoms with Gasteiger partial charge in [-0.05, 0) is 33.6 Å². The predicted molar refractivity (Wildman–Crippen MR) is 72.8 cm³/mol. The van der Waals surface area contributed by atoms with Gasteiger partial charge in [0.05, 0.1) is 5.02 Å². The first-order valence-corrected chi connectivity index (χ1v) is 6.58. The lowest BCUT2D eigenvalue weighted by atomic mass is 10.2. The summed E-state index contributed by atoms with van der Waals surface area (Å²) in [6.45, 7) is -0.0213. The molecule has 2 rings (SSSR count). The number of halogens is 6. The van der Waals surface area contributed by atoms with Crippen molar-refractivity contribution in [2.24, 2.45) is 0 Å². The molecule has 0 aliphatic carbocycles. The first-order valence-electron chi connectivity index (χ1n) is 5.41. The van der Waals surface area contributed by atoms with Crippen LogP contribution in [-0.2, 0) is 6.54 Å². The van der Waals surface area contributed by atoms with Crippen LogP contribution in [0.5, 0.6) is 0 Å². The van der Waals surface area contributed by atoms with Crippen LogP contribution in [0.1, 0.15) is 5.56 Å². The molecule has 0 spiro atoms. The molecule has 0 aromatic heterocycles. The Labute approximate surface area is 125 Å². The molecule has 0 saturated carbocycles. The zero-order valence-corrected chi connectivity index (χ0v) is 12.1. The molecular weight excluding hydrogens is 361 g/mol. The summed E-state index contributed by atoms with van der Waals surface area (Å²) >= 11 is 9.00. The van der Waals surface area contributed by atoms with Crippen LogP contribution in [0, 0.1) is 23.3 Å². The van der Waals surface area contributed by atoms with Crippen molar-refractivity contribution in [3.05, 3.63) is 62.6 Å². The van der Waals surface area contributed by atoms with E-state index in [2.05, 4.69) is 21.2 Å². The van der Waals surface area contributed by atoms with E-state index in [4.69, 9.17) is 11.6 Å². The van der Waals surface area contributed by atoms with E-state index in [1.165, 1.54) is 0 Å². The first kappa shape index (κ1) is 15.1. The summed E-state index contributed by atoms with van der Waals surface area (Å²) in [5.41, 5.74) is -0.210. The van der Waals surface area contributed by atoms with E-state index in [9.17, 15) is 17.6 Å². The quantitative estimate of drug-likeness (QED) is 0.575. The fraction of sp³-hybridized carbons (Fsp3) is 0.0769. The predicted octanol–water partition coefficient (Wildman–Crippen LogP) is 5.27. The van der Waals surface area contributed by atoms with Gasteiger partial charge in [0.1, 0.15) is 5.69 Å². The topological polar surface area (TPSA) is 12.0 Å². The SMILES string of the molecule is Fc1cc(F)c(F)c(NCc2ccc(Cl)c(Br)c2)c1F. The van der Waals surface area contributed by atoms with Gasteiger partial charge in [-0.1, -0.05) is 17.7 Å². The van der Waals surface area contributed by atoms with Crippen LogP contribution < -0.4 is 5.32 Å². The van der Waals surface area contributed by atoms with Gasteiger partial charge in [-0.2, -0.15) is 0 Å². The summed E-state index contributed by atoms with van der Waals surface area (Å²) in [7, 11) is 0. The summed E-state index contributed by atoms with van der Waals surface area (Å²) in [6, 6.07) is 4.99. The zero-order chi connectivity index (χ0) is 14.9. The second-order valence-corrected chi connectivity index (χ2v) is 5.21. The van der Waals surface area contributed by atoms with Gasteiger partial charge in [-0.15, -0.1) is 0 Å². The summed E-state index contributed by atoms with van der Waals surface area (Å²) in [5, 5.41) is 2.81. The van der Waals surface area contributed by atoms with Crippen molar-refractivity contribution in [2.45, 2.75) is 6.54 Å². The van der Waals surface area contributed by atoms with Crippen molar-refractivity contribution in [3.63, 3.8) is 0 Å². The Morgan fingerprint density at radius 1 is 1.00 bits per heavy atom. The second-order valence-electron chi connectivity index (χ2n) is 3.95. The number of nitrogens with one attached hydrogen (secondary N) is 1. The standard InChI is InChI=1S/C13H7BrClF4N/c14-7-3-6(1-2-8(7)15)5-20-13-11(18)9(16)4-10(17)12(13)19/h1-4,20H,5H2. The zero-order valence-electron chi connectivity index (χ0n) is 9.78. The van der Waals surface area contributed by atoms with Gasteiger partial charge < -0.3 is 5.32 Å². The molecule has 0 heterocycles. The Kier molecular flexibility index (Phi) is 4.55. The summed E-state index contributed by atoms with van der Waals surface area (Å²) < 4.78 is 53.5. The largest absolute Gasteiger partial charge is 0.376 e. The Bertz CT molecular complexity index is 637. The number of anilines is 1. The normalized spacial score (nSPS) is 10.7. The minimum absolute atomic E-state index is 0.0213. The maximum absolute atomic E-state index is 13.4. The Hall–Kier alpha value is -1.27. The summed E-state index contributed by atoms with van der Waals surface area (Å²) in [5.74, 6) is -5.83. The van der Waals surface area contributed by atoms with Crippen LogP contribution in [0.4, 0.5) is 23.2 Å². The molecule has 0 aliphatic heterocycles. The second kappa shape index (κ2) is 6.01. The van der Waals surface area contributed by atoms with Gasteiger partial charge in [0, 0.05) is 17.1 Å². The van der Waals surface area contributed by atoms with E-state index in [-0.39, 0.29) is 12.6 Å². The molecular formula is C13H7BrClF4N. The number of benzene rings is 2. The average Bonchev–Trinajstić information content (AvgIpc) is 2.40. The minimum atomic E-state index is -1.46. The van der Waals surface area contributed by atoms with Crippen molar-refractivity contribution >= 4 is 33.2 Å². The van der Waals surface area contributed by atoms with Crippen molar-refractivity contribution in [3.8, 4) is 0 Å². The monoisotopic (exact) mass is 367 g/mol. The molecule has 1 N–H and O–H groups in total. The number of hydrogen-bond donors (Lipinski definition) is 1. The fourth-order valence-corrected chi connectivity index (χ4v) is 2.11. The van der Waals surface area contributed by atoms with E-state index >= 15 is 0 Å². The third-order valence-electron chi connectivity index (χ3n) is 2.57. The van der Waals surface area contributed by atoms with E-state index in [0.29, 0.717) is 15.1 Å². The van der Waals surface area contributed by atoms with Crippen LogP contribution in [0.2, 0.25) is 5.02 Å². The molecule has 20 heavy (non-hydrogen) atoms. The van der Waals surface area contributed by atoms with Crippen molar-refractivity contribution in [2.75, 3.05) is 5.32 Å². The molecule has 0 unspecified atom stereocenters. The molecule has 1 nitrogen and oxygen atoms in total. The van der Waals surface area contributed by atoms with Crippen LogP contribution in [0.25, 0.3) is 0 Å². The van der Waals surface area contributed by atoms with Crippen LogP contribution >= 0.6 is 27.5 Å². The molecule has 0 fully saturated rings. The number of rotatable bonds is 3. The highest BCUT2D eigenvalue weighted by molar-refractivity contribution is 9.10. The van der Waals surface area contributed by atoms with Crippen LogP contribution in [-0.4, -0.2) is 0 Å². The molecule has 0 aliphatic rings. The summed E-state index contributed by atoms with van der Waals surface area (Å²) in [6.07, 6.45) is 0. The summed E-state index contributed by atoms with van der Waals surface area (Å²) in [4.78, 5) is 0. The maximum Gasteiger partial charge on any atom is 0.185 e. The lowest BCUT2D eigenvalue weighted by molar-refractivity contribution is 0.458. The molecule has 7 heteroatoms. The van der Waals surface area contributed by atoms with Gasteiger partial charge in [0.2, 0.25) is 0 Å². The average molecular weight is 369 g/mol. The third kappa shape index (κ3) is 3.07. The molecule has 0 saturated heterocycles. The van der Waals surface area contributed by atoms with E-state index in [1.54, 1.807) is 18.2 Å². The molecule has 106 valence electrons. The highest BCUT2D eigenvalue weighted by Crippen LogP contribution is 2.26. The number of hydrogen-bond acceptors (Lipinski definition) is 1. The van der Waals surface area contributed by atoms with E-state index < -0.39 is 29.0 Å². The van der Waals surface area contributed by atoms with E-state index in [0.717, 1.165) is 0 Å². The fourth-order valence-electron chi connectivity index (χ4n) is 1.57. The molecule has 0 bridgehead atoms. The third-order valence-corrected chi connectivity index (χ3v) is 3.78. The Morgan fingerprint density at radius 3 is 2.15 bits per heavy atom. The van der Waals surface area contributed by atoms with Gasteiger partial charge in [0.15, 0.2) is 23.3 Å². The highest BCUT2D eigenvalue weighted by atomic mass is 79.9. The van der Waals surface area contributed by atoms with Crippen molar-refractivity contribution in [1.82, 2.24) is 0 Å². The Balaban J connectivity index is 2.25.